The van der Waals surface area contributed by atoms with Gasteiger partial charge in [-0.2, -0.15) is 33.7 Å². The van der Waals surface area contributed by atoms with E-state index < -0.39 is 121 Å². The Balaban J connectivity index is 0.936. The van der Waals surface area contributed by atoms with Crippen LogP contribution in [0.25, 0.3) is 11.1 Å². The molecule has 1 aliphatic rings. The Morgan fingerprint density at radius 3 is 1.07 bits per heavy atom. The van der Waals surface area contributed by atoms with E-state index in [0.717, 1.165) is 110 Å². The van der Waals surface area contributed by atoms with Gasteiger partial charge in [-0.25, -0.2) is 16.8 Å². The molecular formula is C74H84O20S6. The summed E-state index contributed by atoms with van der Waals surface area (Å²) in [6.45, 7) is 18.7. The van der Waals surface area contributed by atoms with Gasteiger partial charge in [-0.3, -0.25) is 18.2 Å². The van der Waals surface area contributed by atoms with Crippen LogP contribution in [0.4, 0.5) is 0 Å². The van der Waals surface area contributed by atoms with Crippen molar-refractivity contribution in [3.63, 3.8) is 0 Å². The van der Waals surface area contributed by atoms with Crippen LogP contribution in [0.1, 0.15) is 162 Å². The van der Waals surface area contributed by atoms with Gasteiger partial charge in [-0.1, -0.05) is 128 Å². The zero-order chi connectivity index (χ0) is 73.5. The van der Waals surface area contributed by atoms with Gasteiger partial charge in [-0.15, -0.1) is 0 Å². The Kier molecular flexibility index (Phi) is 22.0. The van der Waals surface area contributed by atoms with Crippen LogP contribution in [0.5, 0.6) is 34.5 Å². The van der Waals surface area contributed by atoms with Crippen molar-refractivity contribution in [1.29, 1.82) is 0 Å². The second-order valence-electron chi connectivity index (χ2n) is 26.3. The lowest BCUT2D eigenvalue weighted by Gasteiger charge is -2.48. The van der Waals surface area contributed by atoms with E-state index >= 15 is 0 Å². The molecule has 0 aliphatic heterocycles. The zero-order valence-corrected chi connectivity index (χ0v) is 62.1. The molecule has 26 heteroatoms. The molecule has 9 rings (SSSR count). The summed E-state index contributed by atoms with van der Waals surface area (Å²) in [6.07, 6.45) is 7.31. The van der Waals surface area contributed by atoms with Crippen molar-refractivity contribution in [3.05, 3.63) is 192 Å². The third kappa shape index (κ3) is 15.6. The normalized spacial score (nSPS) is 15.0. The van der Waals surface area contributed by atoms with Crippen molar-refractivity contribution in [1.82, 2.24) is 0 Å². The van der Waals surface area contributed by atoms with Crippen LogP contribution in [0, 0.1) is 0 Å². The third-order valence-electron chi connectivity index (χ3n) is 20.3. The first-order valence-electron chi connectivity index (χ1n) is 32.8. The number of ether oxygens (including phenoxy) is 4. The fourth-order valence-electron chi connectivity index (χ4n) is 13.5. The Morgan fingerprint density at radius 1 is 0.360 bits per heavy atom. The van der Waals surface area contributed by atoms with Crippen molar-refractivity contribution in [2.45, 2.75) is 206 Å². The van der Waals surface area contributed by atoms with E-state index in [0.29, 0.717) is 35.8 Å². The fraction of sp³-hybridized carbons (Fsp3) is 0.351. The second kappa shape index (κ2) is 28.7. The Morgan fingerprint density at radius 2 is 0.700 bits per heavy atom. The van der Waals surface area contributed by atoms with Crippen molar-refractivity contribution in [2.24, 2.45) is 0 Å². The van der Waals surface area contributed by atoms with Gasteiger partial charge in [0.2, 0.25) is 19.7 Å². The summed E-state index contributed by atoms with van der Waals surface area (Å²) in [5.74, 6) is 0.548. The van der Waals surface area contributed by atoms with Crippen LogP contribution >= 0.6 is 0 Å². The van der Waals surface area contributed by atoms with Gasteiger partial charge in [-0.05, 0) is 220 Å². The maximum Gasteiger partial charge on any atom is 0.298 e. The second-order valence-corrected chi connectivity index (χ2v) is 35.8. The summed E-state index contributed by atoms with van der Waals surface area (Å²) in [7, 11) is -30.0. The van der Waals surface area contributed by atoms with Crippen LogP contribution in [0.2, 0.25) is 0 Å². The molecule has 1 fully saturated rings. The molecule has 0 radical (unpaired) electrons. The van der Waals surface area contributed by atoms with Gasteiger partial charge in [0.15, 0.2) is 0 Å². The highest BCUT2D eigenvalue weighted by molar-refractivity contribution is 7.92. The standard InChI is InChI=1S/C74H84O20S6/c1-11-70(7,8)93-56-34-26-53(27-35-56)73(44-18-17-19-45-73)52-24-32-55(33-25-52)92-65-43-39-61(49-69(65)100(88,89)90)96(77,78)59-37-41-63(67(47-59)98(82,83)84)74(15-5,16-6)72(10,14-4)94-57-30-22-51(23-31-57)50-20-28-54(29-21-50)91-64-42-38-60(48-68(64)99(85,86)87)95(75,76)58-36-40-62(71(9,12-2)13-3)66(46-58)97(79,80)81/h20-43,46-49H,11-19,44-45H2,1-10H3,(H,79,80,81)(H,82,83,84)(H,85,86,87)(H,88,89,90). The van der Waals surface area contributed by atoms with Gasteiger partial charge < -0.3 is 18.9 Å². The molecule has 0 amide bonds. The Bertz CT molecular complexity index is 5060. The van der Waals surface area contributed by atoms with Crippen LogP contribution in [-0.4, -0.2) is 79.9 Å². The predicted molar refractivity (Wildman–Crippen MR) is 379 cm³/mol. The van der Waals surface area contributed by atoms with E-state index in [2.05, 4.69) is 19.1 Å². The van der Waals surface area contributed by atoms with Crippen molar-refractivity contribution in [2.75, 3.05) is 0 Å². The van der Waals surface area contributed by atoms with Gasteiger partial charge >= 0.3 is 0 Å². The number of rotatable bonds is 28. The van der Waals surface area contributed by atoms with E-state index in [9.17, 15) is 68.7 Å². The summed E-state index contributed by atoms with van der Waals surface area (Å²) in [6, 6.07) is 40.6. The monoisotopic (exact) mass is 1480 g/mol. The van der Waals surface area contributed by atoms with E-state index in [1.807, 2.05) is 58.9 Å². The third-order valence-corrected chi connectivity index (χ3v) is 27.4. The maximum absolute atomic E-state index is 14.6. The summed E-state index contributed by atoms with van der Waals surface area (Å²) < 4.78 is 228. The molecule has 536 valence electrons. The SMILES string of the molecule is CCC(C)(C)Oc1ccc(C2(c3ccc(Oc4ccc(S(=O)(=O)c5ccc(C(CC)(CC)C(C)(CC)Oc6ccc(-c7ccc(Oc8ccc(S(=O)(=O)c9ccc(C(C)(CC)CC)c(S(=O)(=O)O)c9)cc8S(=O)(=O)O)cc7)cc6)c(S(=O)(=O)O)c5)cc4S(=O)(=O)O)cc3)CCCCC2)cc1. The topological polar surface area (TPSA) is 323 Å². The first-order valence-corrected chi connectivity index (χ1v) is 41.5. The summed E-state index contributed by atoms with van der Waals surface area (Å²) >= 11 is 0. The number of benzene rings is 8. The molecule has 0 saturated heterocycles. The lowest BCUT2D eigenvalue weighted by Crippen LogP contribution is -2.53. The fourth-order valence-corrected chi connectivity index (χ4v) is 19.4. The molecule has 8 aromatic rings. The Labute approximate surface area is 588 Å². The average Bonchev–Trinajstić information content (AvgIpc) is 0.739. The van der Waals surface area contributed by atoms with Gasteiger partial charge in [0.05, 0.1) is 29.4 Å². The minimum Gasteiger partial charge on any atom is -0.488 e. The highest BCUT2D eigenvalue weighted by atomic mass is 32.2. The molecule has 0 aromatic heterocycles. The first kappa shape index (κ1) is 76.7. The van der Waals surface area contributed by atoms with Crippen LogP contribution in [0.15, 0.2) is 209 Å². The van der Waals surface area contributed by atoms with E-state index in [-0.39, 0.29) is 58.7 Å². The maximum atomic E-state index is 14.6. The molecule has 1 atom stereocenters. The van der Waals surface area contributed by atoms with E-state index in [1.54, 1.807) is 76.2 Å². The highest BCUT2D eigenvalue weighted by Crippen LogP contribution is 2.51. The average molecular weight is 1490 g/mol. The molecule has 1 aliphatic carbocycles. The van der Waals surface area contributed by atoms with E-state index in [4.69, 9.17) is 18.9 Å². The largest absolute Gasteiger partial charge is 0.488 e. The van der Waals surface area contributed by atoms with E-state index in [1.165, 1.54) is 24.3 Å². The molecule has 1 unspecified atom stereocenters. The summed E-state index contributed by atoms with van der Waals surface area (Å²) in [5.41, 5.74) is -0.245. The first-order chi connectivity index (χ1) is 46.7. The number of hydrogen-bond donors (Lipinski definition) is 4. The van der Waals surface area contributed by atoms with Crippen molar-refractivity contribution in [3.8, 4) is 45.6 Å². The van der Waals surface area contributed by atoms with Crippen LogP contribution < -0.4 is 18.9 Å². The smallest absolute Gasteiger partial charge is 0.298 e. The number of hydrogen-bond acceptors (Lipinski definition) is 16. The minimum absolute atomic E-state index is 0.0400. The lowest BCUT2D eigenvalue weighted by atomic mass is 9.63. The quantitative estimate of drug-likeness (QED) is 0.0331. The molecular weight excluding hydrogens is 1400 g/mol. The van der Waals surface area contributed by atoms with Gasteiger partial charge in [0.1, 0.15) is 55.5 Å². The van der Waals surface area contributed by atoms with Crippen molar-refractivity contribution >= 4 is 60.1 Å². The summed E-state index contributed by atoms with van der Waals surface area (Å²) in [5, 5.41) is 0. The molecule has 4 N–H and O–H groups in total. The predicted octanol–water partition coefficient (Wildman–Crippen LogP) is 16.8. The van der Waals surface area contributed by atoms with Crippen molar-refractivity contribution < 1.29 is 87.7 Å². The zero-order valence-electron chi connectivity index (χ0n) is 57.2. The molecule has 0 spiro atoms. The molecule has 1 saturated carbocycles. The molecule has 0 bridgehead atoms. The van der Waals surface area contributed by atoms with Gasteiger partial charge in [0, 0.05) is 10.8 Å². The molecule has 8 aromatic carbocycles. The lowest BCUT2D eigenvalue weighted by molar-refractivity contribution is -0.00966. The minimum atomic E-state index is -5.22. The number of sulfone groups is 2. The van der Waals surface area contributed by atoms with Crippen LogP contribution in [0.3, 0.4) is 0 Å². The molecule has 100 heavy (non-hydrogen) atoms. The summed E-state index contributed by atoms with van der Waals surface area (Å²) in [4.78, 5) is -5.60. The molecule has 0 heterocycles. The van der Waals surface area contributed by atoms with Gasteiger partial charge in [0.25, 0.3) is 40.5 Å². The van der Waals surface area contributed by atoms with Crippen LogP contribution in [-0.2, 0) is 76.4 Å². The Hall–Kier alpha value is -7.50. The highest BCUT2D eigenvalue weighted by Gasteiger charge is 2.51. The molecule has 20 nitrogen and oxygen atoms in total.